The van der Waals surface area contributed by atoms with Gasteiger partial charge in [0.15, 0.2) is 0 Å². The van der Waals surface area contributed by atoms with Crippen LogP contribution in [0.3, 0.4) is 0 Å². The van der Waals surface area contributed by atoms with Crippen LogP contribution in [0.2, 0.25) is 10.0 Å². The number of rotatable bonds is 4. The molecule has 3 nitrogen and oxygen atoms in total. The molecule has 0 aliphatic heterocycles. The number of hydrogen-bond donors (Lipinski definition) is 1. The maximum Gasteiger partial charge on any atom is 0.246 e. The van der Waals surface area contributed by atoms with Gasteiger partial charge < -0.3 is 10.2 Å². The predicted octanol–water partition coefficient (Wildman–Crippen LogP) is 4.46. The third-order valence-corrected chi connectivity index (χ3v) is 3.86. The molecule has 1 atom stereocenters. The van der Waals surface area contributed by atoms with Gasteiger partial charge in [0.05, 0.1) is 10.7 Å². The second-order valence-corrected chi connectivity index (χ2v) is 5.58. The molecule has 5 heteroatoms. The summed E-state index contributed by atoms with van der Waals surface area (Å²) in [4.78, 5) is 14.2. The summed E-state index contributed by atoms with van der Waals surface area (Å²) in [5.41, 5.74) is 1.53. The molecule has 2 aromatic rings. The number of hydrogen-bond acceptors (Lipinski definition) is 2. The number of benzene rings is 2. The van der Waals surface area contributed by atoms with E-state index in [0.29, 0.717) is 15.7 Å². The van der Waals surface area contributed by atoms with Crippen molar-refractivity contribution in [3.8, 4) is 0 Å². The number of carbonyl (C=O) groups is 1. The zero-order valence-corrected chi connectivity index (χ0v) is 13.3. The quantitative estimate of drug-likeness (QED) is 0.901. The first-order valence-corrected chi connectivity index (χ1v) is 7.28. The Morgan fingerprint density at radius 3 is 2.43 bits per heavy atom. The molecule has 0 aliphatic carbocycles. The summed E-state index contributed by atoms with van der Waals surface area (Å²) in [7, 11) is 1.88. The van der Waals surface area contributed by atoms with E-state index in [0.717, 1.165) is 5.69 Å². The number of amides is 1. The molecule has 0 fully saturated rings. The molecule has 0 aromatic heterocycles. The summed E-state index contributed by atoms with van der Waals surface area (Å²) in [5.74, 6) is -0.134. The van der Waals surface area contributed by atoms with Gasteiger partial charge in [-0.3, -0.25) is 4.79 Å². The normalized spacial score (nSPS) is 11.8. The Morgan fingerprint density at radius 2 is 1.81 bits per heavy atom. The molecule has 0 spiro atoms. The van der Waals surface area contributed by atoms with Crippen molar-refractivity contribution in [1.29, 1.82) is 0 Å². The van der Waals surface area contributed by atoms with Crippen LogP contribution in [-0.2, 0) is 4.79 Å². The topological polar surface area (TPSA) is 32.3 Å². The van der Waals surface area contributed by atoms with E-state index in [4.69, 9.17) is 23.2 Å². The van der Waals surface area contributed by atoms with Crippen molar-refractivity contribution < 1.29 is 4.79 Å². The van der Waals surface area contributed by atoms with Crippen molar-refractivity contribution in [2.75, 3.05) is 17.3 Å². The van der Waals surface area contributed by atoms with Crippen LogP contribution in [0.4, 0.5) is 11.4 Å². The molecule has 1 amide bonds. The monoisotopic (exact) mass is 322 g/mol. The average molecular weight is 323 g/mol. The van der Waals surface area contributed by atoms with E-state index in [2.05, 4.69) is 5.32 Å². The molecule has 21 heavy (non-hydrogen) atoms. The standard InChI is InChI=1S/C16H16Cl2N2O/c1-11(20(2)13-6-4-3-5-7-13)16(21)19-15-9-8-12(17)10-14(15)18/h3-11H,1-2H3,(H,19,21)/t11-/m0/s1. The fourth-order valence-electron chi connectivity index (χ4n) is 1.89. The lowest BCUT2D eigenvalue weighted by molar-refractivity contribution is -0.117. The molecule has 0 heterocycles. The Balaban J connectivity index is 2.09. The van der Waals surface area contributed by atoms with Crippen LogP contribution in [0.1, 0.15) is 6.92 Å². The number of anilines is 2. The van der Waals surface area contributed by atoms with Gasteiger partial charge >= 0.3 is 0 Å². The largest absolute Gasteiger partial charge is 0.363 e. The van der Waals surface area contributed by atoms with Crippen LogP contribution in [0.5, 0.6) is 0 Å². The summed E-state index contributed by atoms with van der Waals surface area (Å²) in [6, 6.07) is 14.4. The van der Waals surface area contributed by atoms with E-state index >= 15 is 0 Å². The molecule has 2 rings (SSSR count). The van der Waals surface area contributed by atoms with E-state index in [1.807, 2.05) is 49.2 Å². The molecule has 0 unspecified atom stereocenters. The van der Waals surface area contributed by atoms with Gasteiger partial charge in [-0.05, 0) is 37.3 Å². The molecule has 110 valence electrons. The molecule has 1 N–H and O–H groups in total. The van der Waals surface area contributed by atoms with Gasteiger partial charge in [0.1, 0.15) is 6.04 Å². The maximum absolute atomic E-state index is 12.3. The predicted molar refractivity (Wildman–Crippen MR) is 89.4 cm³/mol. The van der Waals surface area contributed by atoms with Crippen LogP contribution in [-0.4, -0.2) is 19.0 Å². The van der Waals surface area contributed by atoms with Crippen molar-refractivity contribution in [2.24, 2.45) is 0 Å². The first-order valence-electron chi connectivity index (χ1n) is 6.53. The van der Waals surface area contributed by atoms with Crippen LogP contribution in [0, 0.1) is 0 Å². The first kappa shape index (κ1) is 15.7. The minimum atomic E-state index is -0.334. The molecule has 0 bridgehead atoms. The van der Waals surface area contributed by atoms with Crippen molar-refractivity contribution in [1.82, 2.24) is 0 Å². The zero-order chi connectivity index (χ0) is 15.4. The maximum atomic E-state index is 12.3. The van der Waals surface area contributed by atoms with Crippen LogP contribution < -0.4 is 10.2 Å². The lowest BCUT2D eigenvalue weighted by Crippen LogP contribution is -2.39. The Morgan fingerprint density at radius 1 is 1.14 bits per heavy atom. The van der Waals surface area contributed by atoms with E-state index in [9.17, 15) is 4.79 Å². The van der Waals surface area contributed by atoms with Gasteiger partial charge in [-0.1, -0.05) is 41.4 Å². The first-order chi connectivity index (χ1) is 9.99. The lowest BCUT2D eigenvalue weighted by atomic mass is 10.2. The minimum absolute atomic E-state index is 0.134. The molecular formula is C16H16Cl2N2O. The minimum Gasteiger partial charge on any atom is -0.363 e. The molecule has 0 aliphatic rings. The summed E-state index contributed by atoms with van der Waals surface area (Å²) in [6.07, 6.45) is 0. The van der Waals surface area contributed by atoms with Gasteiger partial charge in [0.2, 0.25) is 5.91 Å². The Labute approximate surface area is 134 Å². The highest BCUT2D eigenvalue weighted by Gasteiger charge is 2.19. The zero-order valence-electron chi connectivity index (χ0n) is 11.8. The molecule has 0 radical (unpaired) electrons. The van der Waals surface area contributed by atoms with E-state index in [1.165, 1.54) is 0 Å². The van der Waals surface area contributed by atoms with E-state index < -0.39 is 0 Å². The average Bonchev–Trinajstić information content (AvgIpc) is 2.49. The third-order valence-electron chi connectivity index (χ3n) is 3.31. The number of para-hydroxylation sites is 1. The summed E-state index contributed by atoms with van der Waals surface area (Å²) in [6.45, 7) is 1.84. The van der Waals surface area contributed by atoms with Crippen molar-refractivity contribution in [3.63, 3.8) is 0 Å². The summed E-state index contributed by atoms with van der Waals surface area (Å²) >= 11 is 11.9. The van der Waals surface area contributed by atoms with E-state index in [1.54, 1.807) is 18.2 Å². The number of carbonyl (C=O) groups excluding carboxylic acids is 1. The van der Waals surface area contributed by atoms with Gasteiger partial charge in [-0.25, -0.2) is 0 Å². The van der Waals surface area contributed by atoms with Gasteiger partial charge in [-0.15, -0.1) is 0 Å². The fourth-order valence-corrected chi connectivity index (χ4v) is 2.35. The van der Waals surface area contributed by atoms with Crippen molar-refractivity contribution >= 4 is 40.5 Å². The number of likely N-dealkylation sites (N-methyl/N-ethyl adjacent to an activating group) is 1. The van der Waals surface area contributed by atoms with Gasteiger partial charge in [0, 0.05) is 17.8 Å². The Bertz CT molecular complexity index is 631. The smallest absolute Gasteiger partial charge is 0.246 e. The van der Waals surface area contributed by atoms with E-state index in [-0.39, 0.29) is 11.9 Å². The highest BCUT2D eigenvalue weighted by atomic mass is 35.5. The van der Waals surface area contributed by atoms with Crippen LogP contribution >= 0.6 is 23.2 Å². The van der Waals surface area contributed by atoms with Crippen molar-refractivity contribution in [2.45, 2.75) is 13.0 Å². The highest BCUT2D eigenvalue weighted by Crippen LogP contribution is 2.26. The molecule has 0 saturated heterocycles. The lowest BCUT2D eigenvalue weighted by Gasteiger charge is -2.26. The summed E-state index contributed by atoms with van der Waals surface area (Å²) < 4.78 is 0. The molecular weight excluding hydrogens is 307 g/mol. The SMILES string of the molecule is C[C@@H](C(=O)Nc1ccc(Cl)cc1Cl)N(C)c1ccccc1. The molecule has 0 saturated carbocycles. The second-order valence-electron chi connectivity index (χ2n) is 4.74. The van der Waals surface area contributed by atoms with Gasteiger partial charge in [0.25, 0.3) is 0 Å². The van der Waals surface area contributed by atoms with Crippen molar-refractivity contribution in [3.05, 3.63) is 58.6 Å². The number of halogens is 2. The molecule has 2 aromatic carbocycles. The fraction of sp³-hybridized carbons (Fsp3) is 0.188. The van der Waals surface area contributed by atoms with Crippen LogP contribution in [0.15, 0.2) is 48.5 Å². The Hall–Kier alpha value is -1.71. The highest BCUT2D eigenvalue weighted by molar-refractivity contribution is 6.36. The van der Waals surface area contributed by atoms with Gasteiger partial charge in [-0.2, -0.15) is 0 Å². The third kappa shape index (κ3) is 3.90. The summed E-state index contributed by atoms with van der Waals surface area (Å²) in [5, 5.41) is 3.77. The number of nitrogens with zero attached hydrogens (tertiary/aromatic N) is 1. The number of nitrogens with one attached hydrogen (secondary N) is 1. The van der Waals surface area contributed by atoms with Crippen LogP contribution in [0.25, 0.3) is 0 Å². The second kappa shape index (κ2) is 6.83. The Kier molecular flexibility index (Phi) is 5.10.